The molecular weight excluding hydrogens is 482 g/mol. The number of aryl methyl sites for hydroxylation is 2. The predicted octanol–water partition coefficient (Wildman–Crippen LogP) is 7.04. The molecule has 5 aromatic rings. The van der Waals surface area contributed by atoms with Crippen LogP contribution < -0.4 is 5.32 Å². The molecule has 8 heteroatoms. The summed E-state index contributed by atoms with van der Waals surface area (Å²) >= 11 is 0. The molecule has 0 aliphatic rings. The average Bonchev–Trinajstić information content (AvgIpc) is 3.47. The maximum Gasteiger partial charge on any atom is 0.412 e. The fourth-order valence-electron chi connectivity index (χ4n) is 4.57. The Morgan fingerprint density at radius 3 is 2.45 bits per heavy atom. The molecule has 0 aliphatic carbocycles. The van der Waals surface area contributed by atoms with Crippen LogP contribution in [0.25, 0.3) is 33.4 Å². The van der Waals surface area contributed by atoms with Crippen LogP contribution in [0, 0.1) is 13.8 Å². The van der Waals surface area contributed by atoms with Crippen LogP contribution in [-0.4, -0.2) is 27.3 Å². The lowest BCUT2D eigenvalue weighted by atomic mass is 9.97. The average molecular weight is 510 g/mol. The first-order valence-corrected chi connectivity index (χ1v) is 12.2. The summed E-state index contributed by atoms with van der Waals surface area (Å²) in [4.78, 5) is 27.2. The number of hydrogen-bond donors (Lipinski definition) is 3. The van der Waals surface area contributed by atoms with E-state index < -0.39 is 18.2 Å². The number of carboxylic acids is 1. The Morgan fingerprint density at radius 2 is 1.74 bits per heavy atom. The van der Waals surface area contributed by atoms with Crippen molar-refractivity contribution < 1.29 is 24.0 Å². The van der Waals surface area contributed by atoms with Crippen molar-refractivity contribution in [2.45, 2.75) is 33.3 Å². The van der Waals surface area contributed by atoms with Crippen LogP contribution in [-0.2, 0) is 16.0 Å². The summed E-state index contributed by atoms with van der Waals surface area (Å²) < 4.78 is 11.1. The van der Waals surface area contributed by atoms with E-state index >= 15 is 0 Å². The summed E-state index contributed by atoms with van der Waals surface area (Å²) in [5.74, 6) is -0.446. The lowest BCUT2D eigenvalue weighted by Crippen LogP contribution is -2.16. The van der Waals surface area contributed by atoms with E-state index in [9.17, 15) is 14.7 Å². The number of carboxylic acid groups (broad SMARTS) is 1. The third-order valence-electron chi connectivity index (χ3n) is 6.46. The van der Waals surface area contributed by atoms with E-state index in [-0.39, 0.29) is 6.42 Å². The topological polar surface area (TPSA) is 117 Å². The van der Waals surface area contributed by atoms with Gasteiger partial charge in [-0.3, -0.25) is 10.1 Å². The molecule has 3 aromatic carbocycles. The highest BCUT2D eigenvalue weighted by Crippen LogP contribution is 2.35. The molecule has 0 aliphatic heterocycles. The number of fused-ring (bicyclic) bond motifs is 1. The van der Waals surface area contributed by atoms with Crippen LogP contribution in [0.2, 0.25) is 0 Å². The van der Waals surface area contributed by atoms with E-state index in [4.69, 9.17) is 9.26 Å². The quantitative estimate of drug-likeness (QED) is 0.216. The Hall–Kier alpha value is -4.85. The van der Waals surface area contributed by atoms with Gasteiger partial charge < -0.3 is 19.4 Å². The van der Waals surface area contributed by atoms with Gasteiger partial charge in [0.1, 0.15) is 17.5 Å². The maximum atomic E-state index is 12.6. The van der Waals surface area contributed by atoms with Crippen LogP contribution in [0.15, 0.2) is 77.3 Å². The molecule has 1 amide bonds. The lowest BCUT2D eigenvalue weighted by Gasteiger charge is -2.14. The zero-order valence-corrected chi connectivity index (χ0v) is 21.2. The number of anilines is 1. The number of nitrogens with zero attached hydrogens (tertiary/aromatic N) is 1. The minimum atomic E-state index is -0.874. The standard InChI is InChI=1S/C30H27N3O5/c1-17-15-25-24(14-13-23(16-26(34)35)28(25)31-17)21-9-11-22(12-10-21)29-27(18(2)33-38-29)32-30(36)37-19(3)20-7-5-4-6-8-20/h4-15,19,31H,16H2,1-3H3,(H,32,36)(H,34,35). The first-order chi connectivity index (χ1) is 18.3. The summed E-state index contributed by atoms with van der Waals surface area (Å²) in [7, 11) is 0. The summed E-state index contributed by atoms with van der Waals surface area (Å²) in [5, 5.41) is 17.1. The van der Waals surface area contributed by atoms with Crippen LogP contribution >= 0.6 is 0 Å². The van der Waals surface area contributed by atoms with Crippen molar-refractivity contribution in [1.82, 2.24) is 10.1 Å². The molecule has 5 rings (SSSR count). The molecule has 0 radical (unpaired) electrons. The largest absolute Gasteiger partial charge is 0.481 e. The number of carbonyl (C=O) groups excluding carboxylic acids is 1. The van der Waals surface area contributed by atoms with E-state index in [2.05, 4.69) is 15.5 Å². The third kappa shape index (κ3) is 5.01. The van der Waals surface area contributed by atoms with Gasteiger partial charge in [-0.15, -0.1) is 0 Å². The highest BCUT2D eigenvalue weighted by Gasteiger charge is 2.20. The Morgan fingerprint density at radius 1 is 1.03 bits per heavy atom. The number of nitrogens with one attached hydrogen (secondary N) is 2. The van der Waals surface area contributed by atoms with Gasteiger partial charge in [-0.25, -0.2) is 4.79 Å². The van der Waals surface area contributed by atoms with E-state index in [0.29, 0.717) is 17.1 Å². The summed E-state index contributed by atoms with van der Waals surface area (Å²) in [5.41, 5.74) is 7.08. The first kappa shape index (κ1) is 24.8. The van der Waals surface area contributed by atoms with Gasteiger partial charge in [0.15, 0.2) is 5.76 Å². The van der Waals surface area contributed by atoms with Gasteiger partial charge in [0.2, 0.25) is 0 Å². The molecule has 0 fully saturated rings. The van der Waals surface area contributed by atoms with Crippen molar-refractivity contribution >= 4 is 28.7 Å². The van der Waals surface area contributed by atoms with Gasteiger partial charge in [-0.05, 0) is 49.1 Å². The molecule has 1 unspecified atom stereocenters. The molecule has 1 atom stereocenters. The number of aromatic nitrogens is 2. The molecular formula is C30H27N3O5. The molecule has 192 valence electrons. The SMILES string of the molecule is Cc1cc2c(-c3ccc(-c4onc(C)c4NC(=O)OC(C)c4ccccc4)cc3)ccc(CC(=O)O)c2[nH]1. The van der Waals surface area contributed by atoms with Crippen molar-refractivity contribution in [1.29, 1.82) is 0 Å². The number of hydrogen-bond acceptors (Lipinski definition) is 5. The highest BCUT2D eigenvalue weighted by atomic mass is 16.6. The maximum absolute atomic E-state index is 12.6. The second-order valence-corrected chi connectivity index (χ2v) is 9.22. The van der Waals surface area contributed by atoms with E-state index in [1.165, 1.54) is 0 Å². The minimum absolute atomic E-state index is 0.0527. The monoisotopic (exact) mass is 509 g/mol. The molecule has 2 aromatic heterocycles. The normalized spacial score (nSPS) is 11.9. The predicted molar refractivity (Wildman–Crippen MR) is 145 cm³/mol. The molecule has 3 N–H and O–H groups in total. The van der Waals surface area contributed by atoms with E-state index in [0.717, 1.165) is 44.4 Å². The second-order valence-electron chi connectivity index (χ2n) is 9.22. The van der Waals surface area contributed by atoms with Gasteiger partial charge in [-0.2, -0.15) is 0 Å². The molecule has 0 spiro atoms. The van der Waals surface area contributed by atoms with Crippen molar-refractivity contribution in [2.24, 2.45) is 0 Å². The lowest BCUT2D eigenvalue weighted by molar-refractivity contribution is -0.136. The van der Waals surface area contributed by atoms with Crippen LogP contribution in [0.1, 0.15) is 35.5 Å². The van der Waals surface area contributed by atoms with Gasteiger partial charge >= 0.3 is 12.1 Å². The number of rotatable bonds is 7. The summed E-state index contributed by atoms with van der Waals surface area (Å²) in [6, 6.07) is 23.0. The number of carbonyl (C=O) groups is 2. The van der Waals surface area contributed by atoms with Crippen molar-refractivity contribution in [3.8, 4) is 22.5 Å². The molecule has 8 nitrogen and oxygen atoms in total. The van der Waals surface area contributed by atoms with Gasteiger partial charge in [0.05, 0.1) is 11.9 Å². The fraction of sp³-hybridized carbons (Fsp3) is 0.167. The van der Waals surface area contributed by atoms with Crippen molar-refractivity contribution in [2.75, 3.05) is 5.32 Å². The minimum Gasteiger partial charge on any atom is -0.481 e. The number of H-pyrrole nitrogens is 1. The van der Waals surface area contributed by atoms with Crippen molar-refractivity contribution in [3.05, 3.63) is 95.3 Å². The van der Waals surface area contributed by atoms with Gasteiger partial charge in [-0.1, -0.05) is 71.9 Å². The highest BCUT2D eigenvalue weighted by molar-refractivity contribution is 5.99. The zero-order chi connectivity index (χ0) is 26.8. The summed E-state index contributed by atoms with van der Waals surface area (Å²) in [6.45, 7) is 5.51. The molecule has 0 saturated heterocycles. The number of benzene rings is 3. The fourth-order valence-corrected chi connectivity index (χ4v) is 4.57. The van der Waals surface area contributed by atoms with Gasteiger partial charge in [0, 0.05) is 16.6 Å². The molecule has 2 heterocycles. The van der Waals surface area contributed by atoms with Crippen molar-refractivity contribution in [3.63, 3.8) is 0 Å². The molecule has 0 bridgehead atoms. The van der Waals surface area contributed by atoms with Crippen LogP contribution in [0.4, 0.5) is 10.5 Å². The zero-order valence-electron chi connectivity index (χ0n) is 21.2. The number of aliphatic carboxylic acids is 1. The van der Waals surface area contributed by atoms with E-state index in [1.807, 2.05) is 86.6 Å². The number of amides is 1. The Bertz CT molecular complexity index is 1620. The Kier molecular flexibility index (Phi) is 6.70. The second kappa shape index (κ2) is 10.3. The number of aromatic amines is 1. The Labute approximate surface area is 219 Å². The molecule has 38 heavy (non-hydrogen) atoms. The van der Waals surface area contributed by atoms with Gasteiger partial charge in [0.25, 0.3) is 0 Å². The first-order valence-electron chi connectivity index (χ1n) is 12.2. The van der Waals surface area contributed by atoms with Crippen LogP contribution in [0.5, 0.6) is 0 Å². The Balaban J connectivity index is 1.39. The molecule has 0 saturated carbocycles. The van der Waals surface area contributed by atoms with E-state index in [1.54, 1.807) is 6.92 Å². The third-order valence-corrected chi connectivity index (χ3v) is 6.46. The van der Waals surface area contributed by atoms with Crippen LogP contribution in [0.3, 0.4) is 0 Å². The smallest absolute Gasteiger partial charge is 0.412 e. The summed E-state index contributed by atoms with van der Waals surface area (Å²) in [6.07, 6.45) is -1.07. The number of ether oxygens (including phenoxy) is 1.